The molecule has 1 aliphatic heterocycles. The molecule has 1 aliphatic rings. The number of carbonyl (C=O) groups is 1. The molecule has 0 aromatic carbocycles. The molecule has 1 heterocycles. The Balaban J connectivity index is 2.28. The third kappa shape index (κ3) is 4.64. The van der Waals surface area contributed by atoms with Gasteiger partial charge in [0.1, 0.15) is 0 Å². The highest BCUT2D eigenvalue weighted by Crippen LogP contribution is 2.20. The molecular formula is C13H27N3O. The molecule has 0 radical (unpaired) electrons. The molecule has 4 heteroatoms. The molecule has 0 bridgehead atoms. The predicted molar refractivity (Wildman–Crippen MR) is 71.0 cm³/mol. The number of piperidine rings is 1. The van der Waals surface area contributed by atoms with Crippen molar-refractivity contribution in [3.05, 3.63) is 0 Å². The van der Waals surface area contributed by atoms with E-state index in [-0.39, 0.29) is 5.91 Å². The lowest BCUT2D eigenvalue weighted by Gasteiger charge is -2.40. The second-order valence-electron chi connectivity index (χ2n) is 5.34. The van der Waals surface area contributed by atoms with E-state index in [0.29, 0.717) is 24.5 Å². The fourth-order valence-corrected chi connectivity index (χ4v) is 2.38. The Morgan fingerprint density at radius 3 is 2.76 bits per heavy atom. The molecule has 2 N–H and O–H groups in total. The molecule has 0 aliphatic carbocycles. The van der Waals surface area contributed by atoms with Crippen LogP contribution in [0.4, 0.5) is 0 Å². The van der Waals surface area contributed by atoms with Gasteiger partial charge in [0.05, 0.1) is 6.54 Å². The summed E-state index contributed by atoms with van der Waals surface area (Å²) in [5.41, 5.74) is 0. The number of nitrogens with zero attached hydrogens (tertiary/aromatic N) is 1. The minimum absolute atomic E-state index is 0.116. The van der Waals surface area contributed by atoms with Gasteiger partial charge in [-0.15, -0.1) is 0 Å². The van der Waals surface area contributed by atoms with Gasteiger partial charge in [-0.1, -0.05) is 13.8 Å². The maximum Gasteiger partial charge on any atom is 0.233 e. The summed E-state index contributed by atoms with van der Waals surface area (Å²) in [6.45, 7) is 8.90. The molecule has 1 fully saturated rings. The molecule has 0 saturated carbocycles. The molecule has 1 rings (SSSR count). The Bertz CT molecular complexity index is 245. The van der Waals surface area contributed by atoms with Gasteiger partial charge < -0.3 is 15.5 Å². The number of likely N-dealkylation sites (tertiary alicyclic amines) is 1. The van der Waals surface area contributed by atoms with E-state index < -0.39 is 0 Å². The normalized spacial score (nSPS) is 30.2. The van der Waals surface area contributed by atoms with Crippen LogP contribution in [0.2, 0.25) is 0 Å². The molecule has 1 saturated heterocycles. The number of hydrogen-bond acceptors (Lipinski definition) is 3. The van der Waals surface area contributed by atoms with Crippen molar-refractivity contribution >= 4 is 5.91 Å². The Morgan fingerprint density at radius 1 is 1.41 bits per heavy atom. The second kappa shape index (κ2) is 6.97. The first-order valence-electron chi connectivity index (χ1n) is 6.74. The molecule has 4 nitrogen and oxygen atoms in total. The van der Waals surface area contributed by atoms with E-state index in [0.717, 1.165) is 25.9 Å². The van der Waals surface area contributed by atoms with E-state index >= 15 is 0 Å². The first kappa shape index (κ1) is 14.5. The van der Waals surface area contributed by atoms with Gasteiger partial charge in [0.2, 0.25) is 5.91 Å². The van der Waals surface area contributed by atoms with Gasteiger partial charge in [-0.25, -0.2) is 0 Å². The van der Waals surface area contributed by atoms with Crippen LogP contribution in [-0.4, -0.2) is 49.6 Å². The molecule has 0 aromatic heterocycles. The van der Waals surface area contributed by atoms with Gasteiger partial charge in [0.25, 0.3) is 0 Å². The van der Waals surface area contributed by atoms with E-state index in [1.165, 1.54) is 0 Å². The zero-order valence-corrected chi connectivity index (χ0v) is 11.6. The van der Waals surface area contributed by atoms with Crippen molar-refractivity contribution in [2.45, 2.75) is 45.7 Å². The second-order valence-corrected chi connectivity index (χ2v) is 5.34. The van der Waals surface area contributed by atoms with Crippen LogP contribution >= 0.6 is 0 Å². The van der Waals surface area contributed by atoms with Crippen LogP contribution in [-0.2, 0) is 4.79 Å². The van der Waals surface area contributed by atoms with E-state index in [1.807, 2.05) is 0 Å². The Hall–Kier alpha value is -0.610. The quantitative estimate of drug-likeness (QED) is 0.749. The third-order valence-electron chi connectivity index (χ3n) is 3.71. The van der Waals surface area contributed by atoms with Crippen molar-refractivity contribution in [3.8, 4) is 0 Å². The molecule has 3 unspecified atom stereocenters. The monoisotopic (exact) mass is 241 g/mol. The van der Waals surface area contributed by atoms with Gasteiger partial charge in [0.15, 0.2) is 0 Å². The van der Waals surface area contributed by atoms with Crippen LogP contribution in [0.1, 0.15) is 33.6 Å². The summed E-state index contributed by atoms with van der Waals surface area (Å²) in [4.78, 5) is 13.9. The number of nitrogens with one attached hydrogen (secondary N) is 2. The summed E-state index contributed by atoms with van der Waals surface area (Å²) in [7, 11) is 2.17. The number of carbonyl (C=O) groups excluding carboxylic acids is 1. The van der Waals surface area contributed by atoms with Crippen molar-refractivity contribution in [1.29, 1.82) is 0 Å². The highest BCUT2D eigenvalue weighted by molar-refractivity contribution is 5.77. The average Bonchev–Trinajstić information content (AvgIpc) is 2.29. The highest BCUT2D eigenvalue weighted by atomic mass is 16.1. The zero-order valence-electron chi connectivity index (χ0n) is 11.6. The number of amides is 1. The maximum atomic E-state index is 11.5. The summed E-state index contributed by atoms with van der Waals surface area (Å²) in [6.07, 6.45) is 2.12. The van der Waals surface area contributed by atoms with Crippen LogP contribution in [0, 0.1) is 5.92 Å². The molecule has 17 heavy (non-hydrogen) atoms. The van der Waals surface area contributed by atoms with E-state index in [4.69, 9.17) is 0 Å². The molecule has 0 aromatic rings. The minimum atomic E-state index is 0.116. The Morgan fingerprint density at radius 2 is 2.12 bits per heavy atom. The van der Waals surface area contributed by atoms with Gasteiger partial charge in [-0.2, -0.15) is 0 Å². The average molecular weight is 241 g/mol. The molecule has 100 valence electrons. The van der Waals surface area contributed by atoms with Crippen molar-refractivity contribution in [2.75, 3.05) is 26.7 Å². The van der Waals surface area contributed by atoms with Crippen LogP contribution in [0.3, 0.4) is 0 Å². The minimum Gasteiger partial charge on any atom is -0.355 e. The van der Waals surface area contributed by atoms with Crippen LogP contribution in [0.5, 0.6) is 0 Å². The third-order valence-corrected chi connectivity index (χ3v) is 3.71. The number of hydrogen-bond donors (Lipinski definition) is 2. The first-order chi connectivity index (χ1) is 8.04. The summed E-state index contributed by atoms with van der Waals surface area (Å²) < 4.78 is 0. The highest BCUT2D eigenvalue weighted by Gasteiger charge is 2.28. The van der Waals surface area contributed by atoms with E-state index in [9.17, 15) is 4.79 Å². The van der Waals surface area contributed by atoms with Crippen molar-refractivity contribution < 1.29 is 4.79 Å². The lowest BCUT2D eigenvalue weighted by Crippen LogP contribution is -2.52. The fourth-order valence-electron chi connectivity index (χ4n) is 2.38. The molecule has 1 amide bonds. The summed E-state index contributed by atoms with van der Waals surface area (Å²) in [5, 5.41) is 6.29. The maximum absolute atomic E-state index is 11.5. The molecule has 0 spiro atoms. The summed E-state index contributed by atoms with van der Waals surface area (Å²) in [5.74, 6) is 0.723. The van der Waals surface area contributed by atoms with Crippen LogP contribution in [0.25, 0.3) is 0 Å². The lowest BCUT2D eigenvalue weighted by atomic mass is 9.90. The van der Waals surface area contributed by atoms with Gasteiger partial charge in [-0.3, -0.25) is 4.79 Å². The number of rotatable bonds is 5. The molecular weight excluding hydrogens is 214 g/mol. The van der Waals surface area contributed by atoms with E-state index in [2.05, 4.69) is 43.4 Å². The SMILES string of the molecule is CCCNC(=O)CNC1CC(C)N(C)CC1C. The molecule has 3 atom stereocenters. The fraction of sp³-hybridized carbons (Fsp3) is 0.923. The van der Waals surface area contributed by atoms with Gasteiger partial charge in [0, 0.05) is 25.2 Å². The first-order valence-corrected chi connectivity index (χ1v) is 6.74. The van der Waals surface area contributed by atoms with Gasteiger partial charge >= 0.3 is 0 Å². The smallest absolute Gasteiger partial charge is 0.233 e. The van der Waals surface area contributed by atoms with Crippen molar-refractivity contribution in [2.24, 2.45) is 5.92 Å². The van der Waals surface area contributed by atoms with Crippen molar-refractivity contribution in [1.82, 2.24) is 15.5 Å². The van der Waals surface area contributed by atoms with Crippen LogP contribution < -0.4 is 10.6 Å². The van der Waals surface area contributed by atoms with Crippen LogP contribution in [0.15, 0.2) is 0 Å². The standard InChI is InChI=1S/C13H27N3O/c1-5-6-14-13(17)8-15-12-7-11(3)16(4)9-10(12)2/h10-12,15H,5-9H2,1-4H3,(H,14,17). The van der Waals surface area contributed by atoms with Gasteiger partial charge in [-0.05, 0) is 32.7 Å². The van der Waals surface area contributed by atoms with Crippen molar-refractivity contribution in [3.63, 3.8) is 0 Å². The Kier molecular flexibility index (Phi) is 5.92. The predicted octanol–water partition coefficient (Wildman–Crippen LogP) is 0.831. The van der Waals surface area contributed by atoms with E-state index in [1.54, 1.807) is 0 Å². The lowest BCUT2D eigenvalue weighted by molar-refractivity contribution is -0.120. The zero-order chi connectivity index (χ0) is 12.8. The topological polar surface area (TPSA) is 44.4 Å². The summed E-state index contributed by atoms with van der Waals surface area (Å²) in [6, 6.07) is 1.07. The largest absolute Gasteiger partial charge is 0.355 e. The summed E-state index contributed by atoms with van der Waals surface area (Å²) >= 11 is 0. The Labute approximate surface area is 105 Å².